The summed E-state index contributed by atoms with van der Waals surface area (Å²) in [4.78, 5) is 0. The van der Waals surface area contributed by atoms with Crippen LogP contribution in [0.15, 0.2) is 65.1 Å². The van der Waals surface area contributed by atoms with Crippen molar-refractivity contribution in [3.63, 3.8) is 0 Å². The van der Waals surface area contributed by atoms with Crippen LogP contribution in [0.3, 0.4) is 0 Å². The topological polar surface area (TPSA) is 48.4 Å². The summed E-state index contributed by atoms with van der Waals surface area (Å²) in [6.07, 6.45) is 0. The van der Waals surface area contributed by atoms with Crippen molar-refractivity contribution in [3.05, 3.63) is 66.2 Å². The van der Waals surface area contributed by atoms with Crippen LogP contribution in [0.1, 0.15) is 5.56 Å². The summed E-state index contributed by atoms with van der Waals surface area (Å²) in [6.45, 7) is 0.482. The SMILES string of the molecule is Bc1ccc2c(c1)oc1cc(OCc3ccccc3)c(N)cc12. The molecule has 4 aromatic rings. The number of ether oxygens (including phenoxy) is 1. The van der Waals surface area contributed by atoms with Crippen molar-refractivity contribution in [2.24, 2.45) is 0 Å². The first-order valence-corrected chi connectivity index (χ1v) is 7.60. The summed E-state index contributed by atoms with van der Waals surface area (Å²) in [5, 5.41) is 2.09. The highest BCUT2D eigenvalue weighted by Gasteiger charge is 2.11. The van der Waals surface area contributed by atoms with Crippen LogP contribution in [-0.4, -0.2) is 7.85 Å². The third kappa shape index (κ3) is 2.53. The molecule has 0 unspecified atom stereocenters. The first-order chi connectivity index (χ1) is 11.2. The lowest BCUT2D eigenvalue weighted by atomic mass is 9.95. The minimum absolute atomic E-state index is 0.482. The summed E-state index contributed by atoms with van der Waals surface area (Å²) >= 11 is 0. The lowest BCUT2D eigenvalue weighted by molar-refractivity contribution is 0.308. The van der Waals surface area contributed by atoms with E-state index in [1.165, 1.54) is 5.46 Å². The van der Waals surface area contributed by atoms with Crippen molar-refractivity contribution in [2.45, 2.75) is 6.61 Å². The van der Waals surface area contributed by atoms with Gasteiger partial charge in [-0.25, -0.2) is 0 Å². The van der Waals surface area contributed by atoms with Crippen LogP contribution in [-0.2, 0) is 6.61 Å². The monoisotopic (exact) mass is 301 g/mol. The lowest BCUT2D eigenvalue weighted by Crippen LogP contribution is -1.98. The predicted molar refractivity (Wildman–Crippen MR) is 97.1 cm³/mol. The number of hydrogen-bond acceptors (Lipinski definition) is 3. The van der Waals surface area contributed by atoms with Crippen molar-refractivity contribution < 1.29 is 9.15 Å². The molecule has 0 fully saturated rings. The number of nitrogen functional groups attached to an aromatic ring is 1. The van der Waals surface area contributed by atoms with E-state index < -0.39 is 0 Å². The second-order valence-corrected chi connectivity index (χ2v) is 5.76. The van der Waals surface area contributed by atoms with Crippen LogP contribution < -0.4 is 15.9 Å². The minimum Gasteiger partial charge on any atom is -0.487 e. The van der Waals surface area contributed by atoms with Crippen molar-refractivity contribution in [1.29, 1.82) is 0 Å². The lowest BCUT2D eigenvalue weighted by Gasteiger charge is -2.09. The van der Waals surface area contributed by atoms with E-state index >= 15 is 0 Å². The zero-order valence-electron chi connectivity index (χ0n) is 12.9. The van der Waals surface area contributed by atoms with Gasteiger partial charge in [-0.05, 0) is 17.7 Å². The van der Waals surface area contributed by atoms with Gasteiger partial charge in [-0.1, -0.05) is 47.9 Å². The molecule has 0 aliphatic carbocycles. The molecule has 0 aliphatic heterocycles. The number of hydrogen-bond donors (Lipinski definition) is 1. The Morgan fingerprint density at radius 3 is 2.52 bits per heavy atom. The fourth-order valence-corrected chi connectivity index (χ4v) is 2.79. The van der Waals surface area contributed by atoms with E-state index in [0.717, 1.165) is 27.5 Å². The van der Waals surface area contributed by atoms with E-state index in [1.807, 2.05) is 48.5 Å². The van der Waals surface area contributed by atoms with E-state index in [4.69, 9.17) is 14.9 Å². The van der Waals surface area contributed by atoms with Gasteiger partial charge in [0.1, 0.15) is 31.4 Å². The number of nitrogens with two attached hydrogens (primary N) is 1. The van der Waals surface area contributed by atoms with E-state index in [9.17, 15) is 0 Å². The Labute approximate surface area is 135 Å². The van der Waals surface area contributed by atoms with Crippen molar-refractivity contribution in [2.75, 3.05) is 5.73 Å². The van der Waals surface area contributed by atoms with Crippen LogP contribution in [0, 0.1) is 0 Å². The van der Waals surface area contributed by atoms with Gasteiger partial charge >= 0.3 is 0 Å². The molecule has 2 N–H and O–H groups in total. The van der Waals surface area contributed by atoms with Gasteiger partial charge < -0.3 is 14.9 Å². The number of benzene rings is 3. The van der Waals surface area contributed by atoms with E-state index in [-0.39, 0.29) is 0 Å². The predicted octanol–water partition coefficient (Wildman–Crippen LogP) is 3.01. The van der Waals surface area contributed by atoms with Crippen LogP contribution in [0.5, 0.6) is 5.75 Å². The van der Waals surface area contributed by atoms with Crippen LogP contribution in [0.2, 0.25) is 0 Å². The standard InChI is InChI=1S/C19H16BNO2/c20-13-6-7-14-15-9-16(21)19(10-18(15)23-17(14)8-13)22-11-12-4-2-1-3-5-12/h1-10H,11,20-21H2. The first kappa shape index (κ1) is 13.8. The third-order valence-electron chi connectivity index (χ3n) is 4.00. The molecule has 3 nitrogen and oxygen atoms in total. The van der Waals surface area contributed by atoms with Crippen molar-refractivity contribution in [1.82, 2.24) is 0 Å². The molecule has 4 rings (SSSR count). The zero-order chi connectivity index (χ0) is 15.8. The highest BCUT2D eigenvalue weighted by molar-refractivity contribution is 6.33. The van der Waals surface area contributed by atoms with Gasteiger partial charge in [0.05, 0.1) is 5.69 Å². The molecule has 112 valence electrons. The Morgan fingerprint density at radius 1 is 0.913 bits per heavy atom. The Bertz CT molecular complexity index is 993. The van der Waals surface area contributed by atoms with E-state index in [0.29, 0.717) is 18.0 Å². The molecule has 23 heavy (non-hydrogen) atoms. The summed E-state index contributed by atoms with van der Waals surface area (Å²) in [7, 11) is 2.05. The highest BCUT2D eigenvalue weighted by Crippen LogP contribution is 2.35. The minimum atomic E-state index is 0.482. The summed E-state index contributed by atoms with van der Waals surface area (Å²) in [5.74, 6) is 0.650. The molecule has 0 spiro atoms. The average Bonchev–Trinajstić information content (AvgIpc) is 2.90. The molecular weight excluding hydrogens is 285 g/mol. The van der Waals surface area contributed by atoms with Crippen LogP contribution in [0.25, 0.3) is 21.9 Å². The maximum absolute atomic E-state index is 6.16. The summed E-state index contributed by atoms with van der Waals surface area (Å²) < 4.78 is 11.8. The van der Waals surface area contributed by atoms with Crippen molar-refractivity contribution >= 4 is 40.9 Å². The molecule has 0 bridgehead atoms. The quantitative estimate of drug-likeness (QED) is 0.467. The Kier molecular flexibility index (Phi) is 3.23. The molecule has 0 amide bonds. The molecule has 0 aliphatic rings. The molecule has 4 heteroatoms. The van der Waals surface area contributed by atoms with Gasteiger partial charge in [0.2, 0.25) is 0 Å². The molecule has 1 aromatic heterocycles. The molecule has 0 radical (unpaired) electrons. The summed E-state index contributed by atoms with van der Waals surface area (Å²) in [5.41, 5.74) is 10.7. The second-order valence-electron chi connectivity index (χ2n) is 5.76. The number of furan rings is 1. The molecule has 3 aromatic carbocycles. The molecular formula is C19H16BNO2. The third-order valence-corrected chi connectivity index (χ3v) is 4.00. The van der Waals surface area contributed by atoms with E-state index in [2.05, 4.69) is 20.0 Å². The van der Waals surface area contributed by atoms with Gasteiger partial charge in [0.15, 0.2) is 0 Å². The average molecular weight is 301 g/mol. The fraction of sp³-hybridized carbons (Fsp3) is 0.0526. The maximum Gasteiger partial charge on any atom is 0.146 e. The zero-order valence-corrected chi connectivity index (χ0v) is 12.9. The largest absolute Gasteiger partial charge is 0.487 e. The first-order valence-electron chi connectivity index (χ1n) is 7.60. The maximum atomic E-state index is 6.16. The normalized spacial score (nSPS) is 11.1. The van der Waals surface area contributed by atoms with Crippen LogP contribution >= 0.6 is 0 Å². The molecule has 0 atom stereocenters. The second kappa shape index (κ2) is 5.40. The smallest absolute Gasteiger partial charge is 0.146 e. The number of rotatable bonds is 3. The van der Waals surface area contributed by atoms with Gasteiger partial charge in [-0.3, -0.25) is 0 Å². The van der Waals surface area contributed by atoms with E-state index in [1.54, 1.807) is 0 Å². The Morgan fingerprint density at radius 2 is 1.70 bits per heavy atom. The van der Waals surface area contributed by atoms with Gasteiger partial charge in [-0.15, -0.1) is 0 Å². The Balaban J connectivity index is 1.73. The molecule has 0 saturated heterocycles. The van der Waals surface area contributed by atoms with Gasteiger partial charge in [-0.2, -0.15) is 0 Å². The Hall–Kier alpha value is -2.88. The highest BCUT2D eigenvalue weighted by atomic mass is 16.5. The molecule has 0 saturated carbocycles. The fourth-order valence-electron chi connectivity index (χ4n) is 2.79. The van der Waals surface area contributed by atoms with Gasteiger partial charge in [0.25, 0.3) is 0 Å². The molecule has 1 heterocycles. The van der Waals surface area contributed by atoms with Gasteiger partial charge in [0, 0.05) is 16.8 Å². The van der Waals surface area contributed by atoms with Crippen LogP contribution in [0.4, 0.5) is 5.69 Å². The van der Waals surface area contributed by atoms with Crippen molar-refractivity contribution in [3.8, 4) is 5.75 Å². The number of anilines is 1. The summed E-state index contributed by atoms with van der Waals surface area (Å²) in [6, 6.07) is 20.0. The number of fused-ring (bicyclic) bond motifs is 3.